The van der Waals surface area contributed by atoms with Crippen LogP contribution in [0.5, 0.6) is 5.75 Å². The van der Waals surface area contributed by atoms with E-state index in [0.717, 1.165) is 55.2 Å². The highest BCUT2D eigenvalue weighted by molar-refractivity contribution is 6.46. The standard InChI is InChI=1S/C27H30ClN5O4/c1-32-23-8-7-18-20(19(23)13-29-32)15-36-31-25(18)27(35)30-22(14-33-10-2-3-11-33)26(34)16-4-9-24(21(28)12-16)37-17-5-6-17/h4,7-9,12-13,17,22,26,34H,2-3,5-6,10-11,14-15H2,1H3,(H,30,35)/t22-,26-/m1/s1. The number of aryl methyl sites for hydroxylation is 1. The van der Waals surface area contributed by atoms with Crippen LogP contribution in [0.1, 0.15) is 48.5 Å². The normalized spacial score (nSPS) is 19.2. The summed E-state index contributed by atoms with van der Waals surface area (Å²) in [6.07, 6.45) is 5.31. The van der Waals surface area contributed by atoms with Gasteiger partial charge in [0, 0.05) is 30.1 Å². The quantitative estimate of drug-likeness (QED) is 0.470. The zero-order valence-electron chi connectivity index (χ0n) is 20.7. The van der Waals surface area contributed by atoms with Crippen molar-refractivity contribution in [3.8, 4) is 5.75 Å². The second-order valence-corrected chi connectivity index (χ2v) is 10.5. The first-order valence-corrected chi connectivity index (χ1v) is 13.2. The average Bonchev–Trinajstić information content (AvgIpc) is 3.41. The molecule has 1 amide bonds. The highest BCUT2D eigenvalue weighted by Gasteiger charge is 2.32. The van der Waals surface area contributed by atoms with E-state index in [9.17, 15) is 9.90 Å². The van der Waals surface area contributed by atoms with Crippen LogP contribution in [-0.2, 0) is 23.3 Å². The second kappa shape index (κ2) is 9.96. The molecule has 2 N–H and O–H groups in total. The molecule has 0 radical (unpaired) electrons. The molecule has 2 fully saturated rings. The number of amides is 1. The average molecular weight is 524 g/mol. The SMILES string of the molecule is Cn1ncc2c3c(ccc21)C(C(=O)N[C@H](CN1CCCC1)[C@H](O)c1ccc(OC2CC2)c(Cl)c1)=NOC3. The van der Waals surface area contributed by atoms with Gasteiger partial charge in [-0.2, -0.15) is 5.10 Å². The number of aliphatic hydroxyl groups excluding tert-OH is 1. The first-order valence-electron chi connectivity index (χ1n) is 12.8. The predicted molar refractivity (Wildman–Crippen MR) is 140 cm³/mol. The van der Waals surface area contributed by atoms with Gasteiger partial charge in [-0.25, -0.2) is 0 Å². The van der Waals surface area contributed by atoms with Crippen LogP contribution in [0.2, 0.25) is 5.02 Å². The summed E-state index contributed by atoms with van der Waals surface area (Å²) in [7, 11) is 1.88. The van der Waals surface area contributed by atoms with E-state index in [-0.39, 0.29) is 18.4 Å². The van der Waals surface area contributed by atoms with E-state index in [0.29, 0.717) is 28.4 Å². The molecule has 194 valence electrons. The summed E-state index contributed by atoms with van der Waals surface area (Å²) in [6, 6.07) is 8.56. The fraction of sp³-hybridized carbons (Fsp3) is 0.444. The number of nitrogens with one attached hydrogen (secondary N) is 1. The highest BCUT2D eigenvalue weighted by Crippen LogP contribution is 2.34. The number of benzene rings is 2. The first kappa shape index (κ1) is 24.2. The Labute approximate surface area is 220 Å². The van der Waals surface area contributed by atoms with Gasteiger partial charge >= 0.3 is 0 Å². The Hall–Kier alpha value is -3.14. The van der Waals surface area contributed by atoms with E-state index in [1.807, 2.05) is 25.2 Å². The lowest BCUT2D eigenvalue weighted by molar-refractivity contribution is -0.116. The van der Waals surface area contributed by atoms with Gasteiger partial charge < -0.3 is 24.9 Å². The van der Waals surface area contributed by atoms with Crippen LogP contribution in [0.3, 0.4) is 0 Å². The summed E-state index contributed by atoms with van der Waals surface area (Å²) < 4.78 is 7.63. The number of aliphatic hydroxyl groups is 1. The lowest BCUT2D eigenvalue weighted by Gasteiger charge is -2.29. The van der Waals surface area contributed by atoms with Crippen molar-refractivity contribution in [2.24, 2.45) is 12.2 Å². The van der Waals surface area contributed by atoms with Crippen LogP contribution in [-0.4, -0.2) is 63.2 Å². The van der Waals surface area contributed by atoms with Gasteiger partial charge in [0.15, 0.2) is 5.71 Å². The number of ether oxygens (including phenoxy) is 1. The van der Waals surface area contributed by atoms with Crippen LogP contribution >= 0.6 is 11.6 Å². The smallest absolute Gasteiger partial charge is 0.274 e. The monoisotopic (exact) mass is 523 g/mol. The Morgan fingerprint density at radius 2 is 2.08 bits per heavy atom. The molecule has 0 bridgehead atoms. The van der Waals surface area contributed by atoms with Gasteiger partial charge in [0.05, 0.1) is 28.9 Å². The molecule has 1 saturated heterocycles. The second-order valence-electron chi connectivity index (χ2n) is 10.0. The molecule has 0 unspecified atom stereocenters. The Kier molecular flexibility index (Phi) is 6.52. The van der Waals surface area contributed by atoms with E-state index in [4.69, 9.17) is 21.2 Å². The molecule has 1 aliphatic carbocycles. The molecule has 3 heterocycles. The van der Waals surface area contributed by atoms with Crippen molar-refractivity contribution in [3.63, 3.8) is 0 Å². The van der Waals surface area contributed by atoms with Crippen LogP contribution in [0.4, 0.5) is 0 Å². The number of halogens is 1. The number of hydrogen-bond acceptors (Lipinski definition) is 7. The molecule has 2 aliphatic heterocycles. The van der Waals surface area contributed by atoms with Gasteiger partial charge in [-0.1, -0.05) is 22.8 Å². The number of rotatable bonds is 8. The number of aromatic nitrogens is 2. The van der Waals surface area contributed by atoms with E-state index >= 15 is 0 Å². The van der Waals surface area contributed by atoms with Crippen molar-refractivity contribution in [2.45, 2.75) is 50.5 Å². The summed E-state index contributed by atoms with van der Waals surface area (Å²) in [5, 5.41) is 24.3. The van der Waals surface area contributed by atoms with Gasteiger partial charge in [0.2, 0.25) is 0 Å². The molecule has 6 rings (SSSR count). The molecule has 0 spiro atoms. The summed E-state index contributed by atoms with van der Waals surface area (Å²) in [6.45, 7) is 2.63. The summed E-state index contributed by atoms with van der Waals surface area (Å²) in [4.78, 5) is 21.3. The van der Waals surface area contributed by atoms with Crippen molar-refractivity contribution in [2.75, 3.05) is 19.6 Å². The molecule has 1 aromatic heterocycles. The van der Waals surface area contributed by atoms with Crippen molar-refractivity contribution in [1.82, 2.24) is 20.0 Å². The van der Waals surface area contributed by atoms with Crippen LogP contribution < -0.4 is 10.1 Å². The number of hydrogen-bond donors (Lipinski definition) is 2. The third-order valence-corrected chi connectivity index (χ3v) is 7.64. The largest absolute Gasteiger partial charge is 0.489 e. The Bertz CT molecular complexity index is 1360. The predicted octanol–water partition coefficient (Wildman–Crippen LogP) is 3.32. The number of likely N-dealkylation sites (tertiary alicyclic amines) is 1. The highest BCUT2D eigenvalue weighted by atomic mass is 35.5. The molecule has 9 nitrogen and oxygen atoms in total. The molecule has 10 heteroatoms. The maximum absolute atomic E-state index is 13.6. The van der Waals surface area contributed by atoms with Gasteiger partial charge in [0.1, 0.15) is 18.5 Å². The minimum Gasteiger partial charge on any atom is -0.489 e. The van der Waals surface area contributed by atoms with E-state index in [2.05, 4.69) is 20.5 Å². The zero-order valence-corrected chi connectivity index (χ0v) is 21.4. The number of fused-ring (bicyclic) bond motifs is 3. The molecular weight excluding hydrogens is 494 g/mol. The molecule has 3 aromatic rings. The number of nitrogens with zero attached hydrogens (tertiary/aromatic N) is 4. The van der Waals surface area contributed by atoms with Gasteiger partial charge in [0.25, 0.3) is 5.91 Å². The third kappa shape index (κ3) is 4.91. The van der Waals surface area contributed by atoms with Crippen LogP contribution in [0.15, 0.2) is 41.7 Å². The lowest BCUT2D eigenvalue weighted by Crippen LogP contribution is -2.49. The van der Waals surface area contributed by atoms with E-state index in [1.54, 1.807) is 23.0 Å². The van der Waals surface area contributed by atoms with Crippen molar-refractivity contribution < 1.29 is 19.5 Å². The van der Waals surface area contributed by atoms with E-state index in [1.165, 1.54) is 0 Å². The molecule has 2 atom stereocenters. The fourth-order valence-corrected chi connectivity index (χ4v) is 5.37. The van der Waals surface area contributed by atoms with Crippen molar-refractivity contribution in [1.29, 1.82) is 0 Å². The van der Waals surface area contributed by atoms with Gasteiger partial charge in [-0.3, -0.25) is 9.48 Å². The number of carbonyl (C=O) groups is 1. The molecule has 2 aromatic carbocycles. The molecule has 1 saturated carbocycles. The topological polar surface area (TPSA) is 101 Å². The molecule has 3 aliphatic rings. The Morgan fingerprint density at radius 3 is 2.84 bits per heavy atom. The summed E-state index contributed by atoms with van der Waals surface area (Å²) >= 11 is 6.48. The van der Waals surface area contributed by atoms with Crippen LogP contribution in [0, 0.1) is 0 Å². The first-order chi connectivity index (χ1) is 18.0. The summed E-state index contributed by atoms with van der Waals surface area (Å²) in [5.41, 5.74) is 3.36. The van der Waals surface area contributed by atoms with Crippen molar-refractivity contribution in [3.05, 3.63) is 58.2 Å². The molecular formula is C27H30ClN5O4. The van der Waals surface area contributed by atoms with Gasteiger partial charge in [-0.15, -0.1) is 0 Å². The fourth-order valence-electron chi connectivity index (χ4n) is 5.14. The summed E-state index contributed by atoms with van der Waals surface area (Å²) in [5.74, 6) is 0.222. The number of oxime groups is 1. The lowest BCUT2D eigenvalue weighted by atomic mass is 9.97. The Balaban J connectivity index is 1.25. The minimum absolute atomic E-state index is 0.192. The van der Waals surface area contributed by atoms with E-state index < -0.39 is 18.1 Å². The Morgan fingerprint density at radius 1 is 1.27 bits per heavy atom. The van der Waals surface area contributed by atoms with Gasteiger partial charge in [-0.05, 0) is 68.6 Å². The molecule has 37 heavy (non-hydrogen) atoms. The zero-order chi connectivity index (χ0) is 25.5. The maximum atomic E-state index is 13.6. The van der Waals surface area contributed by atoms with Crippen LogP contribution in [0.25, 0.3) is 10.9 Å². The third-order valence-electron chi connectivity index (χ3n) is 7.34. The maximum Gasteiger partial charge on any atom is 0.274 e. The number of carbonyl (C=O) groups excluding carboxylic acids is 1. The van der Waals surface area contributed by atoms with Crippen molar-refractivity contribution >= 4 is 34.1 Å². The minimum atomic E-state index is -0.970.